The SMILES string of the molecule is CCN(CC)C[C@H]1CCc2cc(C)ccc2N1C. The third-order valence-corrected chi connectivity index (χ3v) is 4.27. The first kappa shape index (κ1) is 13.4. The van der Waals surface area contributed by atoms with Crippen LogP contribution in [0, 0.1) is 6.92 Å². The van der Waals surface area contributed by atoms with E-state index in [1.54, 1.807) is 0 Å². The van der Waals surface area contributed by atoms with Gasteiger partial charge in [0.15, 0.2) is 0 Å². The molecule has 1 atom stereocenters. The van der Waals surface area contributed by atoms with Crippen LogP contribution in [0.2, 0.25) is 0 Å². The molecule has 1 aliphatic heterocycles. The van der Waals surface area contributed by atoms with Gasteiger partial charge in [-0.3, -0.25) is 0 Å². The molecular formula is C16H26N2. The van der Waals surface area contributed by atoms with Gasteiger partial charge in [-0.15, -0.1) is 0 Å². The van der Waals surface area contributed by atoms with E-state index in [2.05, 4.69) is 55.8 Å². The number of aryl methyl sites for hydroxylation is 2. The molecule has 18 heavy (non-hydrogen) atoms. The summed E-state index contributed by atoms with van der Waals surface area (Å²) in [6.45, 7) is 10.2. The van der Waals surface area contributed by atoms with Crippen molar-refractivity contribution in [2.24, 2.45) is 0 Å². The first-order valence-electron chi connectivity index (χ1n) is 7.20. The smallest absolute Gasteiger partial charge is 0.0417 e. The van der Waals surface area contributed by atoms with Gasteiger partial charge in [0, 0.05) is 25.3 Å². The van der Waals surface area contributed by atoms with E-state index in [9.17, 15) is 0 Å². The van der Waals surface area contributed by atoms with Crippen LogP contribution >= 0.6 is 0 Å². The lowest BCUT2D eigenvalue weighted by Crippen LogP contribution is -2.44. The Morgan fingerprint density at radius 1 is 1.28 bits per heavy atom. The maximum absolute atomic E-state index is 2.53. The number of rotatable bonds is 4. The van der Waals surface area contributed by atoms with Crippen molar-refractivity contribution in [3.63, 3.8) is 0 Å². The van der Waals surface area contributed by atoms with Gasteiger partial charge in [-0.05, 0) is 44.5 Å². The number of hydrogen-bond acceptors (Lipinski definition) is 2. The maximum Gasteiger partial charge on any atom is 0.0417 e. The number of likely N-dealkylation sites (N-methyl/N-ethyl adjacent to an activating group) is 2. The molecule has 0 bridgehead atoms. The Morgan fingerprint density at radius 2 is 2.00 bits per heavy atom. The van der Waals surface area contributed by atoms with Gasteiger partial charge in [-0.2, -0.15) is 0 Å². The molecule has 2 nitrogen and oxygen atoms in total. The van der Waals surface area contributed by atoms with Crippen molar-refractivity contribution in [2.45, 2.75) is 39.7 Å². The molecule has 0 amide bonds. The summed E-state index contributed by atoms with van der Waals surface area (Å²) in [5.74, 6) is 0. The Labute approximate surface area is 112 Å². The lowest BCUT2D eigenvalue weighted by molar-refractivity contribution is 0.272. The summed E-state index contributed by atoms with van der Waals surface area (Å²) in [7, 11) is 2.25. The second-order valence-electron chi connectivity index (χ2n) is 5.42. The molecule has 0 aromatic heterocycles. The Morgan fingerprint density at radius 3 is 2.67 bits per heavy atom. The first-order valence-corrected chi connectivity index (χ1v) is 7.20. The van der Waals surface area contributed by atoms with Gasteiger partial charge in [-0.25, -0.2) is 0 Å². The minimum atomic E-state index is 0.667. The number of anilines is 1. The zero-order valence-electron chi connectivity index (χ0n) is 12.2. The highest BCUT2D eigenvalue weighted by Crippen LogP contribution is 2.30. The standard InChI is InChI=1S/C16H26N2/c1-5-18(6-2)12-15-9-8-14-11-13(3)7-10-16(14)17(15)4/h7,10-11,15H,5-6,8-9,12H2,1-4H3/t15-/m1/s1. The predicted octanol–water partition coefficient (Wildman–Crippen LogP) is 3.09. The highest BCUT2D eigenvalue weighted by Gasteiger charge is 2.24. The zero-order valence-corrected chi connectivity index (χ0v) is 12.2. The van der Waals surface area contributed by atoms with Gasteiger partial charge in [-0.1, -0.05) is 31.5 Å². The normalized spacial score (nSPS) is 19.2. The van der Waals surface area contributed by atoms with Crippen molar-refractivity contribution in [3.05, 3.63) is 29.3 Å². The Kier molecular flexibility index (Phi) is 4.28. The summed E-state index contributed by atoms with van der Waals surface area (Å²) >= 11 is 0. The number of nitrogens with zero attached hydrogens (tertiary/aromatic N) is 2. The van der Waals surface area contributed by atoms with Crippen LogP contribution in [0.25, 0.3) is 0 Å². The lowest BCUT2D eigenvalue weighted by atomic mass is 9.94. The number of fused-ring (bicyclic) bond motifs is 1. The fraction of sp³-hybridized carbons (Fsp3) is 0.625. The summed E-state index contributed by atoms with van der Waals surface area (Å²) in [5.41, 5.74) is 4.33. The van der Waals surface area contributed by atoms with Crippen LogP contribution in [0.1, 0.15) is 31.4 Å². The fourth-order valence-corrected chi connectivity index (χ4v) is 2.96. The van der Waals surface area contributed by atoms with Crippen molar-refractivity contribution in [1.82, 2.24) is 4.90 Å². The Bertz CT molecular complexity index is 396. The van der Waals surface area contributed by atoms with E-state index in [-0.39, 0.29) is 0 Å². The van der Waals surface area contributed by atoms with Crippen LogP contribution in [0.3, 0.4) is 0 Å². The quantitative estimate of drug-likeness (QED) is 0.805. The highest BCUT2D eigenvalue weighted by molar-refractivity contribution is 5.57. The molecule has 1 heterocycles. The molecule has 0 fully saturated rings. The van der Waals surface area contributed by atoms with E-state index in [1.165, 1.54) is 36.2 Å². The molecule has 2 heteroatoms. The van der Waals surface area contributed by atoms with Crippen molar-refractivity contribution in [2.75, 3.05) is 31.6 Å². The van der Waals surface area contributed by atoms with Crippen LogP contribution in [0.15, 0.2) is 18.2 Å². The minimum absolute atomic E-state index is 0.667. The third-order valence-electron chi connectivity index (χ3n) is 4.27. The molecule has 1 aliphatic rings. The fourth-order valence-electron chi connectivity index (χ4n) is 2.96. The van der Waals surface area contributed by atoms with Crippen molar-refractivity contribution < 1.29 is 0 Å². The zero-order chi connectivity index (χ0) is 13.1. The second-order valence-corrected chi connectivity index (χ2v) is 5.42. The number of hydrogen-bond donors (Lipinski definition) is 0. The van der Waals surface area contributed by atoms with Gasteiger partial charge in [0.25, 0.3) is 0 Å². The average molecular weight is 246 g/mol. The van der Waals surface area contributed by atoms with E-state index in [0.29, 0.717) is 6.04 Å². The molecule has 0 saturated heterocycles. The molecule has 0 spiro atoms. The van der Waals surface area contributed by atoms with E-state index < -0.39 is 0 Å². The van der Waals surface area contributed by atoms with Gasteiger partial charge < -0.3 is 9.80 Å². The van der Waals surface area contributed by atoms with Crippen molar-refractivity contribution >= 4 is 5.69 Å². The second kappa shape index (κ2) is 5.75. The van der Waals surface area contributed by atoms with E-state index in [1.807, 2.05) is 0 Å². The monoisotopic (exact) mass is 246 g/mol. The molecule has 0 radical (unpaired) electrons. The lowest BCUT2D eigenvalue weighted by Gasteiger charge is -2.38. The summed E-state index contributed by atoms with van der Waals surface area (Å²) in [6.07, 6.45) is 2.51. The molecule has 100 valence electrons. The summed E-state index contributed by atoms with van der Waals surface area (Å²) < 4.78 is 0. The summed E-state index contributed by atoms with van der Waals surface area (Å²) in [4.78, 5) is 5.01. The third kappa shape index (κ3) is 2.69. The van der Waals surface area contributed by atoms with Crippen LogP contribution < -0.4 is 4.90 Å². The van der Waals surface area contributed by atoms with Gasteiger partial charge in [0.2, 0.25) is 0 Å². The largest absolute Gasteiger partial charge is 0.370 e. The molecule has 0 N–H and O–H groups in total. The molecule has 1 aromatic carbocycles. The molecule has 1 aromatic rings. The molecule has 0 unspecified atom stereocenters. The minimum Gasteiger partial charge on any atom is -0.370 e. The maximum atomic E-state index is 2.53. The van der Waals surface area contributed by atoms with E-state index >= 15 is 0 Å². The predicted molar refractivity (Wildman–Crippen MR) is 79.5 cm³/mol. The van der Waals surface area contributed by atoms with Crippen LogP contribution in [0.4, 0.5) is 5.69 Å². The molecule has 0 saturated carbocycles. The summed E-state index contributed by atoms with van der Waals surface area (Å²) in [6, 6.07) is 7.54. The average Bonchev–Trinajstić information content (AvgIpc) is 2.38. The Hall–Kier alpha value is -1.02. The Balaban J connectivity index is 2.12. The van der Waals surface area contributed by atoms with Crippen molar-refractivity contribution in [1.29, 1.82) is 0 Å². The van der Waals surface area contributed by atoms with Gasteiger partial charge in [0.05, 0.1) is 0 Å². The van der Waals surface area contributed by atoms with Gasteiger partial charge >= 0.3 is 0 Å². The van der Waals surface area contributed by atoms with Crippen LogP contribution in [-0.4, -0.2) is 37.6 Å². The molecular weight excluding hydrogens is 220 g/mol. The van der Waals surface area contributed by atoms with Gasteiger partial charge in [0.1, 0.15) is 0 Å². The van der Waals surface area contributed by atoms with Crippen LogP contribution in [0.5, 0.6) is 0 Å². The number of benzene rings is 1. The van der Waals surface area contributed by atoms with E-state index in [0.717, 1.165) is 13.1 Å². The topological polar surface area (TPSA) is 6.48 Å². The molecule has 2 rings (SSSR count). The summed E-state index contributed by atoms with van der Waals surface area (Å²) in [5, 5.41) is 0. The first-order chi connectivity index (χ1) is 8.65. The van der Waals surface area contributed by atoms with E-state index in [4.69, 9.17) is 0 Å². The molecule has 0 aliphatic carbocycles. The van der Waals surface area contributed by atoms with Crippen LogP contribution in [-0.2, 0) is 6.42 Å². The highest BCUT2D eigenvalue weighted by atomic mass is 15.2. The van der Waals surface area contributed by atoms with Crippen molar-refractivity contribution in [3.8, 4) is 0 Å².